The minimum Gasteiger partial charge on any atom is -0.493 e. The topological polar surface area (TPSA) is 71.3 Å². The third-order valence-corrected chi connectivity index (χ3v) is 6.15. The van der Waals surface area contributed by atoms with Crippen molar-refractivity contribution in [3.8, 4) is 17.6 Å². The molecule has 3 rings (SSSR count). The second-order valence-corrected chi connectivity index (χ2v) is 9.12. The van der Waals surface area contributed by atoms with Gasteiger partial charge < -0.3 is 14.8 Å². The summed E-state index contributed by atoms with van der Waals surface area (Å²) in [7, 11) is 1.52. The highest BCUT2D eigenvalue weighted by Gasteiger charge is 2.15. The van der Waals surface area contributed by atoms with Gasteiger partial charge in [0.25, 0.3) is 5.91 Å². The van der Waals surface area contributed by atoms with Gasteiger partial charge in [0.1, 0.15) is 18.2 Å². The fourth-order valence-electron chi connectivity index (χ4n) is 2.83. The van der Waals surface area contributed by atoms with Crippen LogP contribution in [0.2, 0.25) is 15.1 Å². The molecule has 3 aromatic carbocycles. The van der Waals surface area contributed by atoms with Crippen molar-refractivity contribution in [2.24, 2.45) is 0 Å². The Hall–Kier alpha value is -2.44. The monoisotopic (exact) mass is 612 g/mol. The van der Waals surface area contributed by atoms with Crippen LogP contribution in [0.25, 0.3) is 6.08 Å². The number of carbonyl (C=O) groups is 1. The number of nitriles is 1. The first-order valence-electron chi connectivity index (χ1n) is 9.43. The van der Waals surface area contributed by atoms with Crippen LogP contribution >= 0.6 is 57.4 Å². The van der Waals surface area contributed by atoms with Crippen LogP contribution in [-0.2, 0) is 11.4 Å². The second kappa shape index (κ2) is 11.6. The summed E-state index contributed by atoms with van der Waals surface area (Å²) in [5, 5.41) is 13.6. The van der Waals surface area contributed by atoms with Gasteiger partial charge in [0, 0.05) is 10.7 Å². The molecule has 168 valence electrons. The van der Waals surface area contributed by atoms with Crippen LogP contribution in [-0.4, -0.2) is 13.0 Å². The Labute approximate surface area is 220 Å². The molecule has 33 heavy (non-hydrogen) atoms. The van der Waals surface area contributed by atoms with Crippen molar-refractivity contribution < 1.29 is 14.3 Å². The predicted molar refractivity (Wildman–Crippen MR) is 140 cm³/mol. The number of methoxy groups -OCH3 is 1. The SMILES string of the molecule is COc1cc(/C=C(\C#N)C(=O)Nc2cccc(Cl)c2)cc(I)c1OCc1ccc(Cl)c(Cl)c1. The van der Waals surface area contributed by atoms with Crippen LogP contribution in [0.4, 0.5) is 5.69 Å². The number of benzene rings is 3. The molecule has 0 unspecified atom stereocenters. The number of amides is 1. The highest BCUT2D eigenvalue weighted by atomic mass is 127. The lowest BCUT2D eigenvalue weighted by Gasteiger charge is -2.14. The zero-order chi connectivity index (χ0) is 24.0. The molecule has 3 aromatic rings. The highest BCUT2D eigenvalue weighted by molar-refractivity contribution is 14.1. The third kappa shape index (κ3) is 6.78. The van der Waals surface area contributed by atoms with Gasteiger partial charge in [-0.25, -0.2) is 0 Å². The fraction of sp³-hybridized carbons (Fsp3) is 0.0833. The van der Waals surface area contributed by atoms with Crippen molar-refractivity contribution in [2.75, 3.05) is 12.4 Å². The largest absolute Gasteiger partial charge is 0.493 e. The van der Waals surface area contributed by atoms with E-state index in [0.29, 0.717) is 37.8 Å². The van der Waals surface area contributed by atoms with Crippen LogP contribution in [0.3, 0.4) is 0 Å². The van der Waals surface area contributed by atoms with Crippen LogP contribution in [0.5, 0.6) is 11.5 Å². The van der Waals surface area contributed by atoms with E-state index in [9.17, 15) is 10.1 Å². The Balaban J connectivity index is 1.82. The number of nitrogens with zero attached hydrogens (tertiary/aromatic N) is 1. The summed E-state index contributed by atoms with van der Waals surface area (Å²) in [6.07, 6.45) is 1.48. The lowest BCUT2D eigenvalue weighted by atomic mass is 10.1. The van der Waals surface area contributed by atoms with Gasteiger partial charge in [-0.05, 0) is 82.3 Å². The molecule has 0 saturated carbocycles. The molecule has 0 aromatic heterocycles. The molecular weight excluding hydrogens is 598 g/mol. The van der Waals surface area contributed by atoms with Crippen LogP contribution in [0.1, 0.15) is 11.1 Å². The lowest BCUT2D eigenvalue weighted by molar-refractivity contribution is -0.112. The minimum absolute atomic E-state index is 0.0719. The van der Waals surface area contributed by atoms with Crippen molar-refractivity contribution >= 4 is 75.1 Å². The first kappa shape index (κ1) is 25.2. The van der Waals surface area contributed by atoms with Gasteiger partial charge >= 0.3 is 0 Å². The molecule has 1 amide bonds. The number of hydrogen-bond donors (Lipinski definition) is 1. The summed E-state index contributed by atoms with van der Waals surface area (Å²) < 4.78 is 12.2. The Kier molecular flexibility index (Phi) is 8.87. The maximum atomic E-state index is 12.6. The van der Waals surface area contributed by atoms with E-state index in [1.807, 2.05) is 12.1 Å². The van der Waals surface area contributed by atoms with E-state index in [-0.39, 0.29) is 12.2 Å². The summed E-state index contributed by atoms with van der Waals surface area (Å²) >= 11 is 20.1. The van der Waals surface area contributed by atoms with E-state index >= 15 is 0 Å². The first-order valence-corrected chi connectivity index (χ1v) is 11.6. The van der Waals surface area contributed by atoms with Crippen LogP contribution in [0, 0.1) is 14.9 Å². The summed E-state index contributed by atoms with van der Waals surface area (Å²) in [6.45, 7) is 0.254. The summed E-state index contributed by atoms with van der Waals surface area (Å²) in [4.78, 5) is 12.6. The number of anilines is 1. The summed E-state index contributed by atoms with van der Waals surface area (Å²) in [5.74, 6) is 0.442. The Morgan fingerprint density at radius 1 is 1.12 bits per heavy atom. The quantitative estimate of drug-likeness (QED) is 0.172. The zero-order valence-corrected chi connectivity index (χ0v) is 21.6. The Morgan fingerprint density at radius 3 is 2.58 bits per heavy atom. The maximum absolute atomic E-state index is 12.6. The van der Waals surface area contributed by atoms with Gasteiger partial charge in [-0.1, -0.05) is 46.9 Å². The highest BCUT2D eigenvalue weighted by Crippen LogP contribution is 2.35. The molecule has 0 fully saturated rings. The maximum Gasteiger partial charge on any atom is 0.266 e. The molecule has 0 saturated heterocycles. The molecule has 0 heterocycles. The molecule has 5 nitrogen and oxygen atoms in total. The number of nitrogens with one attached hydrogen (secondary N) is 1. The molecule has 0 radical (unpaired) electrons. The van der Waals surface area contributed by atoms with Crippen molar-refractivity contribution in [2.45, 2.75) is 6.61 Å². The molecule has 1 N–H and O–H groups in total. The van der Waals surface area contributed by atoms with Crippen molar-refractivity contribution in [1.29, 1.82) is 5.26 Å². The Bertz CT molecular complexity index is 1270. The van der Waals surface area contributed by atoms with Gasteiger partial charge in [-0.2, -0.15) is 5.26 Å². The lowest BCUT2D eigenvalue weighted by Crippen LogP contribution is -2.13. The van der Waals surface area contributed by atoms with Crippen molar-refractivity contribution in [1.82, 2.24) is 0 Å². The number of carbonyl (C=O) groups excluding carboxylic acids is 1. The minimum atomic E-state index is -0.548. The molecule has 9 heteroatoms. The molecule has 0 aliphatic carbocycles. The molecule has 0 bridgehead atoms. The number of halogens is 4. The zero-order valence-electron chi connectivity index (χ0n) is 17.2. The van der Waals surface area contributed by atoms with Gasteiger partial charge in [-0.15, -0.1) is 0 Å². The molecule has 0 aliphatic rings. The van der Waals surface area contributed by atoms with E-state index in [4.69, 9.17) is 44.3 Å². The Morgan fingerprint density at radius 2 is 1.91 bits per heavy atom. The molecule has 0 aliphatic heterocycles. The standard InChI is InChI=1S/C24H16Cl3IN2O3/c1-32-22-10-15(7-16(12-29)24(31)30-18-4-2-3-17(25)11-18)9-21(28)23(22)33-13-14-5-6-19(26)20(27)8-14/h2-11H,13H2,1H3,(H,30,31)/b16-7+. The van der Waals surface area contributed by atoms with E-state index in [1.165, 1.54) is 13.2 Å². The molecule has 0 atom stereocenters. The average molecular weight is 614 g/mol. The van der Waals surface area contributed by atoms with E-state index in [1.54, 1.807) is 48.5 Å². The molecule has 0 spiro atoms. The van der Waals surface area contributed by atoms with Crippen molar-refractivity contribution in [3.05, 3.63) is 89.9 Å². The van der Waals surface area contributed by atoms with Crippen molar-refractivity contribution in [3.63, 3.8) is 0 Å². The second-order valence-electron chi connectivity index (χ2n) is 6.71. The van der Waals surface area contributed by atoms with Gasteiger partial charge in [-0.3, -0.25) is 4.79 Å². The van der Waals surface area contributed by atoms with Gasteiger partial charge in [0.05, 0.1) is 20.7 Å². The third-order valence-electron chi connectivity index (χ3n) is 4.38. The smallest absolute Gasteiger partial charge is 0.266 e. The first-order chi connectivity index (χ1) is 15.8. The average Bonchev–Trinajstić information content (AvgIpc) is 2.78. The summed E-state index contributed by atoms with van der Waals surface area (Å²) in [5.41, 5.74) is 1.87. The van der Waals surface area contributed by atoms with Crippen LogP contribution < -0.4 is 14.8 Å². The van der Waals surface area contributed by atoms with E-state index in [2.05, 4.69) is 27.9 Å². The van der Waals surface area contributed by atoms with Gasteiger partial charge in [0.15, 0.2) is 11.5 Å². The number of hydrogen-bond acceptors (Lipinski definition) is 4. The molecular formula is C24H16Cl3IN2O3. The van der Waals surface area contributed by atoms with Crippen LogP contribution in [0.15, 0.2) is 60.2 Å². The van der Waals surface area contributed by atoms with E-state index < -0.39 is 5.91 Å². The van der Waals surface area contributed by atoms with E-state index in [0.717, 1.165) is 9.13 Å². The van der Waals surface area contributed by atoms with Gasteiger partial charge in [0.2, 0.25) is 0 Å². The fourth-order valence-corrected chi connectivity index (χ4v) is 4.12. The predicted octanol–water partition coefficient (Wildman–Crippen LogP) is 7.38. The normalized spacial score (nSPS) is 11.0. The summed E-state index contributed by atoms with van der Waals surface area (Å²) in [6, 6.07) is 17.4. The number of rotatable bonds is 7. The number of ether oxygens (including phenoxy) is 2.